The fourth-order valence-electron chi connectivity index (χ4n) is 2.61. The van der Waals surface area contributed by atoms with Crippen molar-refractivity contribution >= 4 is 34.2 Å². The van der Waals surface area contributed by atoms with Crippen LogP contribution in [0.1, 0.15) is 31.5 Å². The zero-order valence-corrected chi connectivity index (χ0v) is 11.7. The molecule has 2 aromatic rings. The van der Waals surface area contributed by atoms with Crippen LogP contribution in [0.25, 0.3) is 11.0 Å². The van der Waals surface area contributed by atoms with Gasteiger partial charge in [0, 0.05) is 6.54 Å². The lowest BCUT2D eigenvalue weighted by atomic mass is 9.83. The number of benzene rings is 1. The quantitative estimate of drug-likeness (QED) is 0.749. The van der Waals surface area contributed by atoms with Gasteiger partial charge in [0.25, 0.3) is 0 Å². The minimum Gasteiger partial charge on any atom is -0.327 e. The van der Waals surface area contributed by atoms with Gasteiger partial charge in [-0.25, -0.2) is 4.98 Å². The molecule has 0 amide bonds. The number of hydrogen-bond acceptors (Lipinski definition) is 1. The van der Waals surface area contributed by atoms with E-state index in [0.717, 1.165) is 29.3 Å². The number of fused-ring (bicyclic) bond motifs is 1. The molecule has 0 N–H and O–H groups in total. The van der Waals surface area contributed by atoms with E-state index in [0.29, 0.717) is 10.9 Å². The lowest BCUT2D eigenvalue weighted by Gasteiger charge is -2.25. The highest BCUT2D eigenvalue weighted by Gasteiger charge is 2.19. The standard InChI is InChI=1S/C14H16Cl2N2/c15-9-13-17-14-11(16)5-2-6-12(14)18(13)8-7-10-3-1-4-10/h2,5-6,10H,1,3-4,7-9H2. The summed E-state index contributed by atoms with van der Waals surface area (Å²) in [5, 5.41) is 0.710. The van der Waals surface area contributed by atoms with Gasteiger partial charge in [-0.1, -0.05) is 36.9 Å². The zero-order valence-electron chi connectivity index (χ0n) is 10.2. The Morgan fingerprint density at radius 1 is 1.33 bits per heavy atom. The largest absolute Gasteiger partial charge is 0.327 e. The van der Waals surface area contributed by atoms with E-state index in [2.05, 4.69) is 15.6 Å². The number of aryl methyl sites for hydroxylation is 1. The van der Waals surface area contributed by atoms with Crippen molar-refractivity contribution in [3.05, 3.63) is 29.0 Å². The van der Waals surface area contributed by atoms with Crippen molar-refractivity contribution in [2.45, 2.75) is 38.1 Å². The van der Waals surface area contributed by atoms with Crippen molar-refractivity contribution in [2.75, 3.05) is 0 Å². The van der Waals surface area contributed by atoms with Crippen LogP contribution in [-0.4, -0.2) is 9.55 Å². The highest BCUT2D eigenvalue weighted by Crippen LogP contribution is 2.31. The molecule has 18 heavy (non-hydrogen) atoms. The van der Waals surface area contributed by atoms with Crippen LogP contribution in [0, 0.1) is 5.92 Å². The lowest BCUT2D eigenvalue weighted by Crippen LogP contribution is -2.14. The number of halogens is 2. The maximum Gasteiger partial charge on any atom is 0.124 e. The lowest BCUT2D eigenvalue weighted by molar-refractivity contribution is 0.282. The Balaban J connectivity index is 1.94. The maximum atomic E-state index is 6.18. The second-order valence-electron chi connectivity index (χ2n) is 5.01. The molecule has 0 bridgehead atoms. The number of hydrogen-bond donors (Lipinski definition) is 0. The SMILES string of the molecule is ClCc1nc2c(Cl)cccc2n1CCC1CCC1. The first-order valence-corrected chi connectivity index (χ1v) is 7.40. The smallest absolute Gasteiger partial charge is 0.124 e. The van der Waals surface area contributed by atoms with Crippen LogP contribution in [0.4, 0.5) is 0 Å². The number of para-hydroxylation sites is 1. The predicted molar refractivity (Wildman–Crippen MR) is 76.3 cm³/mol. The van der Waals surface area contributed by atoms with Crippen molar-refractivity contribution in [3.63, 3.8) is 0 Å². The summed E-state index contributed by atoms with van der Waals surface area (Å²) in [6, 6.07) is 5.93. The fraction of sp³-hybridized carbons (Fsp3) is 0.500. The van der Waals surface area contributed by atoms with E-state index in [1.807, 2.05) is 12.1 Å². The Morgan fingerprint density at radius 2 is 2.17 bits per heavy atom. The molecule has 1 aromatic carbocycles. The molecule has 0 unspecified atom stereocenters. The van der Waals surface area contributed by atoms with Crippen LogP contribution in [0.3, 0.4) is 0 Å². The molecule has 1 saturated carbocycles. The second kappa shape index (κ2) is 5.10. The van der Waals surface area contributed by atoms with Gasteiger partial charge in [-0.2, -0.15) is 0 Å². The van der Waals surface area contributed by atoms with Crippen LogP contribution < -0.4 is 0 Å². The van der Waals surface area contributed by atoms with Gasteiger partial charge in [-0.05, 0) is 24.5 Å². The van der Waals surface area contributed by atoms with Crippen LogP contribution in [0.15, 0.2) is 18.2 Å². The van der Waals surface area contributed by atoms with Crippen molar-refractivity contribution in [1.29, 1.82) is 0 Å². The van der Waals surface area contributed by atoms with Gasteiger partial charge in [-0.3, -0.25) is 0 Å². The number of nitrogens with zero attached hydrogens (tertiary/aromatic N) is 2. The minimum absolute atomic E-state index is 0.440. The number of aromatic nitrogens is 2. The van der Waals surface area contributed by atoms with Crippen molar-refractivity contribution in [1.82, 2.24) is 9.55 Å². The summed E-state index contributed by atoms with van der Waals surface area (Å²) < 4.78 is 2.23. The van der Waals surface area contributed by atoms with Gasteiger partial charge in [0.1, 0.15) is 11.3 Å². The maximum absolute atomic E-state index is 6.18. The van der Waals surface area contributed by atoms with Crippen LogP contribution in [-0.2, 0) is 12.4 Å². The van der Waals surface area contributed by atoms with Gasteiger partial charge < -0.3 is 4.57 Å². The van der Waals surface area contributed by atoms with E-state index in [1.54, 1.807) is 0 Å². The van der Waals surface area contributed by atoms with Crippen LogP contribution >= 0.6 is 23.2 Å². The van der Waals surface area contributed by atoms with Gasteiger partial charge in [0.05, 0.1) is 16.4 Å². The third-order valence-corrected chi connectivity index (χ3v) is 4.46. The van der Waals surface area contributed by atoms with Crippen molar-refractivity contribution < 1.29 is 0 Å². The molecule has 2 nitrogen and oxygen atoms in total. The van der Waals surface area contributed by atoms with E-state index >= 15 is 0 Å². The number of imidazole rings is 1. The molecule has 1 heterocycles. The molecule has 4 heteroatoms. The molecule has 0 radical (unpaired) electrons. The van der Waals surface area contributed by atoms with E-state index in [4.69, 9.17) is 23.2 Å². The second-order valence-corrected chi connectivity index (χ2v) is 5.68. The van der Waals surface area contributed by atoms with Crippen molar-refractivity contribution in [3.8, 4) is 0 Å². The third kappa shape index (κ3) is 2.12. The number of rotatable bonds is 4. The Kier molecular flexibility index (Phi) is 3.49. The molecule has 1 aliphatic rings. The molecule has 96 valence electrons. The Labute approximate surface area is 117 Å². The molecule has 3 rings (SSSR count). The Morgan fingerprint density at radius 3 is 2.83 bits per heavy atom. The minimum atomic E-state index is 0.440. The molecule has 1 fully saturated rings. The van der Waals surface area contributed by atoms with Gasteiger partial charge in [-0.15, -0.1) is 11.6 Å². The zero-order chi connectivity index (χ0) is 12.5. The summed E-state index contributed by atoms with van der Waals surface area (Å²) in [4.78, 5) is 4.55. The van der Waals surface area contributed by atoms with Gasteiger partial charge in [0.15, 0.2) is 0 Å². The number of alkyl halides is 1. The first kappa shape index (κ1) is 12.3. The molecular weight excluding hydrogens is 267 g/mol. The summed E-state index contributed by atoms with van der Waals surface area (Å²) in [5.74, 6) is 2.26. The monoisotopic (exact) mass is 282 g/mol. The molecular formula is C14H16Cl2N2. The molecule has 1 aliphatic carbocycles. The molecule has 1 aromatic heterocycles. The Bertz CT molecular complexity index is 558. The molecule has 0 spiro atoms. The normalized spacial score (nSPS) is 16.1. The molecule has 0 aliphatic heterocycles. The average molecular weight is 283 g/mol. The van der Waals surface area contributed by atoms with Gasteiger partial charge >= 0.3 is 0 Å². The highest BCUT2D eigenvalue weighted by molar-refractivity contribution is 6.34. The fourth-order valence-corrected chi connectivity index (χ4v) is 3.02. The van der Waals surface area contributed by atoms with Crippen LogP contribution in [0.2, 0.25) is 5.02 Å². The summed E-state index contributed by atoms with van der Waals surface area (Å²) in [7, 11) is 0. The van der Waals surface area contributed by atoms with E-state index in [9.17, 15) is 0 Å². The van der Waals surface area contributed by atoms with Gasteiger partial charge in [0.2, 0.25) is 0 Å². The predicted octanol–water partition coefficient (Wildman–Crippen LogP) is 4.62. The first-order valence-electron chi connectivity index (χ1n) is 6.49. The summed E-state index contributed by atoms with van der Waals surface area (Å²) in [6.45, 7) is 1.00. The molecule has 0 saturated heterocycles. The van der Waals surface area contributed by atoms with E-state index in [-0.39, 0.29) is 0 Å². The summed E-state index contributed by atoms with van der Waals surface area (Å²) >= 11 is 12.2. The topological polar surface area (TPSA) is 17.8 Å². The van der Waals surface area contributed by atoms with Crippen LogP contribution in [0.5, 0.6) is 0 Å². The summed E-state index contributed by atoms with van der Waals surface area (Å²) in [5.41, 5.74) is 1.99. The van der Waals surface area contributed by atoms with Crippen molar-refractivity contribution in [2.24, 2.45) is 5.92 Å². The average Bonchev–Trinajstić information content (AvgIpc) is 2.67. The summed E-state index contributed by atoms with van der Waals surface area (Å²) in [6.07, 6.45) is 5.37. The Hall–Kier alpha value is -0.730. The first-order chi connectivity index (χ1) is 8.79. The molecule has 0 atom stereocenters. The van der Waals surface area contributed by atoms with E-state index in [1.165, 1.54) is 25.7 Å². The third-order valence-electron chi connectivity index (χ3n) is 3.91. The highest BCUT2D eigenvalue weighted by atomic mass is 35.5. The van der Waals surface area contributed by atoms with E-state index < -0.39 is 0 Å².